The Bertz CT molecular complexity index is 1000. The molecule has 0 atom stereocenters. The van der Waals surface area contributed by atoms with E-state index in [1.54, 1.807) is 25.1 Å². The first kappa shape index (κ1) is 47.9. The summed E-state index contributed by atoms with van der Waals surface area (Å²) in [5.41, 5.74) is 8.68. The van der Waals surface area contributed by atoms with Crippen molar-refractivity contribution in [2.75, 3.05) is 0 Å². The van der Waals surface area contributed by atoms with Crippen molar-refractivity contribution in [3.8, 4) is 0 Å². The second-order valence-electron chi connectivity index (χ2n) is 9.95. The highest BCUT2D eigenvalue weighted by Crippen LogP contribution is 2.02. The molecule has 0 unspecified atom stereocenters. The highest BCUT2D eigenvalue weighted by molar-refractivity contribution is 5.21. The third kappa shape index (κ3) is 38.0. The van der Waals surface area contributed by atoms with Crippen LogP contribution in [0.3, 0.4) is 0 Å². The molecule has 4 aromatic carbocycles. The predicted molar refractivity (Wildman–Crippen MR) is 207 cm³/mol. The average molecular weight is 613 g/mol. The molecule has 248 valence electrons. The van der Waals surface area contributed by atoms with Crippen LogP contribution in [0.15, 0.2) is 134 Å². The van der Waals surface area contributed by atoms with Gasteiger partial charge < -0.3 is 0 Å². The minimum absolute atomic E-state index is 0.132. The van der Waals surface area contributed by atoms with Crippen molar-refractivity contribution in [3.05, 3.63) is 179 Å². The number of rotatable bonds is 0. The largest absolute Gasteiger partial charge is 0.207 e. The first-order chi connectivity index (χ1) is 21.4. The van der Waals surface area contributed by atoms with E-state index in [4.69, 9.17) is 0 Å². The molecule has 0 aromatic heterocycles. The molecule has 4 aromatic rings. The van der Waals surface area contributed by atoms with Crippen molar-refractivity contribution >= 4 is 0 Å². The van der Waals surface area contributed by atoms with Gasteiger partial charge in [-0.05, 0) is 94.7 Å². The van der Waals surface area contributed by atoms with Gasteiger partial charge in [-0.2, -0.15) is 0 Å². The van der Waals surface area contributed by atoms with Crippen LogP contribution in [0.4, 0.5) is 4.39 Å². The molecule has 0 heterocycles. The zero-order chi connectivity index (χ0) is 35.5. The monoisotopic (exact) mass is 613 g/mol. The zero-order valence-corrected chi connectivity index (χ0v) is 31.2. The minimum atomic E-state index is -0.132. The first-order valence-corrected chi connectivity index (χ1v) is 15.9. The Morgan fingerprint density at radius 1 is 0.400 bits per heavy atom. The van der Waals surface area contributed by atoms with Crippen LogP contribution in [-0.2, 0) is 0 Å². The molecule has 0 bridgehead atoms. The summed E-state index contributed by atoms with van der Waals surface area (Å²) in [7, 11) is 0. The number of hydrogen-bond acceptors (Lipinski definition) is 0. The predicted octanol–water partition coefficient (Wildman–Crippen LogP) is 14.4. The van der Waals surface area contributed by atoms with Crippen LogP contribution in [0.5, 0.6) is 0 Å². The van der Waals surface area contributed by atoms with Crippen molar-refractivity contribution in [1.29, 1.82) is 0 Å². The van der Waals surface area contributed by atoms with Gasteiger partial charge in [-0.3, -0.25) is 0 Å². The topological polar surface area (TPSA) is 0 Å². The number of allylic oxidation sites excluding steroid dienone is 5. The van der Waals surface area contributed by atoms with Crippen molar-refractivity contribution < 1.29 is 4.39 Å². The maximum absolute atomic E-state index is 12.3. The van der Waals surface area contributed by atoms with Gasteiger partial charge in [0.15, 0.2) is 0 Å². The van der Waals surface area contributed by atoms with Gasteiger partial charge in [-0.1, -0.05) is 169 Å². The van der Waals surface area contributed by atoms with Crippen LogP contribution in [0.25, 0.3) is 0 Å². The number of hydrogen-bond donors (Lipinski definition) is 0. The van der Waals surface area contributed by atoms with Gasteiger partial charge in [0.2, 0.25) is 0 Å². The first-order valence-electron chi connectivity index (χ1n) is 15.9. The average Bonchev–Trinajstić information content (AvgIpc) is 3.05. The summed E-state index contributed by atoms with van der Waals surface area (Å²) >= 11 is 0. The Morgan fingerprint density at radius 3 is 0.689 bits per heavy atom. The molecular formula is C44H65F. The summed E-state index contributed by atoms with van der Waals surface area (Å²) < 4.78 is 12.3. The molecule has 0 fully saturated rings. The van der Waals surface area contributed by atoms with Crippen molar-refractivity contribution in [2.24, 2.45) is 0 Å². The summed E-state index contributed by atoms with van der Waals surface area (Å²) in [5, 5.41) is 0. The van der Waals surface area contributed by atoms with E-state index >= 15 is 0 Å². The number of halogens is 1. The van der Waals surface area contributed by atoms with E-state index < -0.39 is 0 Å². The molecule has 0 N–H and O–H groups in total. The zero-order valence-electron chi connectivity index (χ0n) is 31.2. The van der Waals surface area contributed by atoms with Crippen LogP contribution in [-0.4, -0.2) is 0 Å². The minimum Gasteiger partial charge on any atom is -0.207 e. The van der Waals surface area contributed by atoms with Crippen molar-refractivity contribution in [2.45, 2.75) is 96.9 Å². The van der Waals surface area contributed by atoms with Crippen LogP contribution >= 0.6 is 0 Å². The Morgan fingerprint density at radius 2 is 0.578 bits per heavy atom. The third-order valence-corrected chi connectivity index (χ3v) is 5.40. The Kier molecular flexibility index (Phi) is 38.6. The lowest BCUT2D eigenvalue weighted by atomic mass is 10.2. The molecule has 0 aliphatic carbocycles. The SMILES string of the molecule is C=CC.CC.CC=CC.CC=CC.Cc1ccc(C)cc1.Cc1ccc(C)cc1.Cc1ccc(C)cc1.Cc1ccccc1F. The second-order valence-corrected chi connectivity index (χ2v) is 9.95. The van der Waals surface area contributed by atoms with E-state index in [-0.39, 0.29) is 5.82 Å². The Labute approximate surface area is 279 Å². The molecule has 0 spiro atoms. The van der Waals surface area contributed by atoms with E-state index in [9.17, 15) is 4.39 Å². The van der Waals surface area contributed by atoms with Crippen molar-refractivity contribution in [1.82, 2.24) is 0 Å². The summed E-state index contributed by atoms with van der Waals surface area (Å²) in [6.07, 6.45) is 9.75. The molecule has 0 saturated heterocycles. The molecule has 0 radical (unpaired) electrons. The summed E-state index contributed by atoms with van der Waals surface area (Å²) in [6, 6.07) is 32.1. The molecule has 4 rings (SSSR count). The number of aryl methyl sites for hydroxylation is 7. The fourth-order valence-electron chi connectivity index (χ4n) is 2.46. The van der Waals surface area contributed by atoms with Gasteiger partial charge in [0, 0.05) is 0 Å². The van der Waals surface area contributed by atoms with Crippen molar-refractivity contribution in [3.63, 3.8) is 0 Å². The van der Waals surface area contributed by atoms with Gasteiger partial charge in [0.05, 0.1) is 0 Å². The fourth-order valence-corrected chi connectivity index (χ4v) is 2.46. The van der Waals surface area contributed by atoms with Gasteiger partial charge in [-0.15, -0.1) is 6.58 Å². The van der Waals surface area contributed by atoms with E-state index in [0.717, 1.165) is 0 Å². The Hall–Kier alpha value is -3.97. The van der Waals surface area contributed by atoms with Gasteiger partial charge in [-0.25, -0.2) is 4.39 Å². The van der Waals surface area contributed by atoms with Gasteiger partial charge in [0.1, 0.15) is 5.82 Å². The van der Waals surface area contributed by atoms with E-state index in [2.05, 4.69) is 121 Å². The summed E-state index contributed by atoms with van der Waals surface area (Å²) in [5.74, 6) is -0.132. The Balaban J connectivity index is -0.000000222. The maximum Gasteiger partial charge on any atom is 0.126 e. The van der Waals surface area contributed by atoms with Crippen LogP contribution in [0.2, 0.25) is 0 Å². The van der Waals surface area contributed by atoms with Gasteiger partial charge in [0.25, 0.3) is 0 Å². The molecule has 1 heteroatoms. The van der Waals surface area contributed by atoms with E-state index in [1.165, 1.54) is 39.4 Å². The van der Waals surface area contributed by atoms with Gasteiger partial charge >= 0.3 is 0 Å². The standard InChI is InChI=1S/3C8H10.C7H7F.2C4H8.C3H6.C2H6/c3*1-7-3-5-8(2)6-4-7;1-6-4-2-3-5-7(6)8;2*1-3-4-2;1-3-2;1-2/h3*3-6H,1-2H3;2-5H,1H3;2*3-4H,1-2H3;3H,1H2,2H3;1-2H3. The quantitative estimate of drug-likeness (QED) is 0.173. The van der Waals surface area contributed by atoms with Crippen LogP contribution in [0, 0.1) is 54.3 Å². The lowest BCUT2D eigenvalue weighted by Gasteiger charge is -1.90. The number of benzene rings is 4. The van der Waals surface area contributed by atoms with Crippen LogP contribution < -0.4 is 0 Å². The summed E-state index contributed by atoms with van der Waals surface area (Å²) in [6.45, 7) is 31.6. The lowest BCUT2D eigenvalue weighted by Crippen LogP contribution is -1.76. The molecule has 45 heavy (non-hydrogen) atoms. The molecule has 0 aliphatic rings. The molecule has 0 aliphatic heterocycles. The van der Waals surface area contributed by atoms with E-state index in [0.29, 0.717) is 5.56 Å². The molecule has 0 nitrogen and oxygen atoms in total. The fraction of sp³-hybridized carbons (Fsp3) is 0.318. The third-order valence-electron chi connectivity index (χ3n) is 5.40. The smallest absolute Gasteiger partial charge is 0.126 e. The normalized spacial score (nSPS) is 8.69. The highest BCUT2D eigenvalue weighted by atomic mass is 19.1. The molecular weight excluding hydrogens is 547 g/mol. The summed E-state index contributed by atoms with van der Waals surface area (Å²) in [4.78, 5) is 0. The highest BCUT2D eigenvalue weighted by Gasteiger charge is 1.88. The molecule has 0 amide bonds. The maximum atomic E-state index is 12.3. The molecule has 0 saturated carbocycles. The lowest BCUT2D eigenvalue weighted by molar-refractivity contribution is 0.618. The van der Waals surface area contributed by atoms with E-state index in [1.807, 2.05) is 78.8 Å². The second kappa shape index (κ2) is 36.2. The van der Waals surface area contributed by atoms with Crippen LogP contribution in [0.1, 0.15) is 87.4 Å².